The average Bonchev–Trinajstić information content (AvgIpc) is 2.68. The van der Waals surface area contributed by atoms with Gasteiger partial charge in [0.2, 0.25) is 0 Å². The van der Waals surface area contributed by atoms with Crippen molar-refractivity contribution in [2.75, 3.05) is 25.1 Å². The van der Waals surface area contributed by atoms with Gasteiger partial charge in [0.15, 0.2) is 0 Å². The standard InChI is InChI=1S/C12H25NO3S/c1-17(15,16)8-4-7-13-10-12(14)9-11-5-2-3-6-11/h11-14H,2-10H2,1H3. The Kier molecular flexibility index (Phi) is 6.44. The highest BCUT2D eigenvalue weighted by Gasteiger charge is 2.18. The molecule has 0 aromatic heterocycles. The largest absolute Gasteiger partial charge is 0.392 e. The summed E-state index contributed by atoms with van der Waals surface area (Å²) in [6.45, 7) is 1.25. The third-order valence-electron chi connectivity index (χ3n) is 3.33. The summed E-state index contributed by atoms with van der Waals surface area (Å²) in [4.78, 5) is 0. The molecule has 1 aliphatic rings. The smallest absolute Gasteiger partial charge is 0.147 e. The highest BCUT2D eigenvalue weighted by atomic mass is 32.2. The molecule has 0 radical (unpaired) electrons. The van der Waals surface area contributed by atoms with Gasteiger partial charge in [-0.25, -0.2) is 8.42 Å². The van der Waals surface area contributed by atoms with Crippen molar-refractivity contribution < 1.29 is 13.5 Å². The number of aliphatic hydroxyl groups excluding tert-OH is 1. The van der Waals surface area contributed by atoms with Crippen molar-refractivity contribution in [1.82, 2.24) is 5.32 Å². The minimum absolute atomic E-state index is 0.221. The van der Waals surface area contributed by atoms with Crippen LogP contribution in [0, 0.1) is 5.92 Å². The lowest BCUT2D eigenvalue weighted by Crippen LogP contribution is -2.29. The molecular weight excluding hydrogens is 238 g/mol. The summed E-state index contributed by atoms with van der Waals surface area (Å²) in [5, 5.41) is 12.9. The van der Waals surface area contributed by atoms with Crippen LogP contribution >= 0.6 is 0 Å². The summed E-state index contributed by atoms with van der Waals surface area (Å²) in [5.74, 6) is 0.918. The number of hydrogen-bond acceptors (Lipinski definition) is 4. The Bertz CT molecular complexity index is 297. The highest BCUT2D eigenvalue weighted by molar-refractivity contribution is 7.90. The molecule has 0 amide bonds. The van der Waals surface area contributed by atoms with Gasteiger partial charge in [-0.1, -0.05) is 25.7 Å². The van der Waals surface area contributed by atoms with Crippen LogP contribution in [0.3, 0.4) is 0 Å². The fourth-order valence-electron chi connectivity index (χ4n) is 2.44. The Hall–Kier alpha value is -0.130. The predicted octanol–water partition coefficient (Wildman–Crippen LogP) is 0.952. The van der Waals surface area contributed by atoms with Gasteiger partial charge in [-0.15, -0.1) is 0 Å². The Balaban J connectivity index is 1.98. The third-order valence-corrected chi connectivity index (χ3v) is 4.36. The Morgan fingerprint density at radius 3 is 2.59 bits per heavy atom. The summed E-state index contributed by atoms with van der Waals surface area (Å²) in [5.41, 5.74) is 0. The summed E-state index contributed by atoms with van der Waals surface area (Å²) in [7, 11) is -2.85. The number of nitrogens with one attached hydrogen (secondary N) is 1. The van der Waals surface area contributed by atoms with E-state index in [0.717, 1.165) is 6.42 Å². The summed E-state index contributed by atoms with van der Waals surface area (Å²) in [6, 6.07) is 0. The molecule has 0 aromatic carbocycles. The van der Waals surface area contributed by atoms with Gasteiger partial charge in [-0.05, 0) is 25.3 Å². The molecule has 5 heteroatoms. The number of hydrogen-bond donors (Lipinski definition) is 2. The summed E-state index contributed by atoms with van der Waals surface area (Å²) < 4.78 is 21.8. The van der Waals surface area contributed by atoms with Crippen molar-refractivity contribution in [1.29, 1.82) is 0 Å². The molecule has 0 heterocycles. The molecule has 2 N–H and O–H groups in total. The zero-order chi connectivity index (χ0) is 12.7. The van der Waals surface area contributed by atoms with Crippen LogP contribution in [0.5, 0.6) is 0 Å². The van der Waals surface area contributed by atoms with E-state index in [4.69, 9.17) is 0 Å². The second-order valence-electron chi connectivity index (χ2n) is 5.23. The molecule has 102 valence electrons. The van der Waals surface area contributed by atoms with Crippen molar-refractivity contribution in [2.45, 2.75) is 44.6 Å². The first-order chi connectivity index (χ1) is 7.97. The summed E-state index contributed by atoms with van der Waals surface area (Å²) >= 11 is 0. The molecule has 0 aliphatic heterocycles. The minimum atomic E-state index is -2.85. The van der Waals surface area contributed by atoms with Gasteiger partial charge >= 0.3 is 0 Å². The van der Waals surface area contributed by atoms with Crippen LogP contribution in [0.4, 0.5) is 0 Å². The van der Waals surface area contributed by atoms with Crippen molar-refractivity contribution in [3.05, 3.63) is 0 Å². The number of rotatable bonds is 8. The van der Waals surface area contributed by atoms with E-state index in [9.17, 15) is 13.5 Å². The van der Waals surface area contributed by atoms with E-state index in [-0.39, 0.29) is 11.9 Å². The third kappa shape index (κ3) is 7.73. The van der Waals surface area contributed by atoms with Crippen LogP contribution in [-0.4, -0.2) is 44.7 Å². The zero-order valence-corrected chi connectivity index (χ0v) is 11.5. The van der Waals surface area contributed by atoms with Crippen LogP contribution < -0.4 is 5.32 Å². The first-order valence-corrected chi connectivity index (χ1v) is 8.60. The van der Waals surface area contributed by atoms with Gasteiger partial charge in [0.1, 0.15) is 9.84 Å². The molecule has 17 heavy (non-hydrogen) atoms. The molecule has 1 atom stereocenters. The maximum absolute atomic E-state index is 10.9. The molecule has 1 aliphatic carbocycles. The molecule has 1 unspecified atom stereocenters. The Morgan fingerprint density at radius 1 is 1.35 bits per heavy atom. The monoisotopic (exact) mass is 263 g/mol. The summed E-state index contributed by atoms with van der Waals surface area (Å²) in [6.07, 6.45) is 7.60. The first-order valence-electron chi connectivity index (χ1n) is 6.54. The second kappa shape index (κ2) is 7.34. The van der Waals surface area contributed by atoms with Crippen molar-refractivity contribution >= 4 is 9.84 Å². The quantitative estimate of drug-likeness (QED) is 0.640. The SMILES string of the molecule is CS(=O)(=O)CCCNCC(O)CC1CCCC1. The lowest BCUT2D eigenvalue weighted by Gasteiger charge is -2.15. The molecule has 4 nitrogen and oxygen atoms in total. The van der Waals surface area contributed by atoms with E-state index in [1.807, 2.05) is 0 Å². The van der Waals surface area contributed by atoms with Gasteiger partial charge in [0.05, 0.1) is 11.9 Å². The van der Waals surface area contributed by atoms with Crippen molar-refractivity contribution in [2.24, 2.45) is 5.92 Å². The number of aliphatic hydroxyl groups is 1. The zero-order valence-electron chi connectivity index (χ0n) is 10.7. The molecule has 0 bridgehead atoms. The van der Waals surface area contributed by atoms with E-state index < -0.39 is 9.84 Å². The van der Waals surface area contributed by atoms with E-state index in [1.54, 1.807) is 0 Å². The van der Waals surface area contributed by atoms with Gasteiger partial charge < -0.3 is 10.4 Å². The molecule has 0 aromatic rings. The van der Waals surface area contributed by atoms with Crippen molar-refractivity contribution in [3.63, 3.8) is 0 Å². The molecule has 1 rings (SSSR count). The van der Waals surface area contributed by atoms with E-state index in [2.05, 4.69) is 5.32 Å². The Labute approximate surface area is 105 Å². The highest BCUT2D eigenvalue weighted by Crippen LogP contribution is 2.28. The Morgan fingerprint density at radius 2 is 2.00 bits per heavy atom. The van der Waals surface area contributed by atoms with E-state index >= 15 is 0 Å². The topological polar surface area (TPSA) is 66.4 Å². The van der Waals surface area contributed by atoms with Crippen LogP contribution in [0.2, 0.25) is 0 Å². The molecular formula is C12H25NO3S. The van der Waals surface area contributed by atoms with Gasteiger partial charge in [-0.2, -0.15) is 0 Å². The predicted molar refractivity (Wildman–Crippen MR) is 69.8 cm³/mol. The van der Waals surface area contributed by atoms with Crippen molar-refractivity contribution in [3.8, 4) is 0 Å². The average molecular weight is 263 g/mol. The van der Waals surface area contributed by atoms with E-state index in [0.29, 0.717) is 25.4 Å². The van der Waals surface area contributed by atoms with E-state index in [1.165, 1.54) is 31.9 Å². The second-order valence-corrected chi connectivity index (χ2v) is 7.49. The molecule has 0 spiro atoms. The lowest BCUT2D eigenvalue weighted by molar-refractivity contribution is 0.141. The van der Waals surface area contributed by atoms with Gasteiger partial charge in [0.25, 0.3) is 0 Å². The fraction of sp³-hybridized carbons (Fsp3) is 1.00. The van der Waals surface area contributed by atoms with Gasteiger partial charge in [0, 0.05) is 12.8 Å². The fourth-order valence-corrected chi connectivity index (χ4v) is 3.11. The first kappa shape index (κ1) is 14.9. The lowest BCUT2D eigenvalue weighted by atomic mass is 10.0. The van der Waals surface area contributed by atoms with Crippen LogP contribution in [0.15, 0.2) is 0 Å². The minimum Gasteiger partial charge on any atom is -0.392 e. The van der Waals surface area contributed by atoms with Crippen LogP contribution in [0.1, 0.15) is 38.5 Å². The molecule has 0 saturated heterocycles. The molecule has 1 fully saturated rings. The van der Waals surface area contributed by atoms with Crippen LogP contribution in [-0.2, 0) is 9.84 Å². The maximum atomic E-state index is 10.9. The normalized spacial score (nSPS) is 19.6. The van der Waals surface area contributed by atoms with Gasteiger partial charge in [-0.3, -0.25) is 0 Å². The maximum Gasteiger partial charge on any atom is 0.147 e. The van der Waals surface area contributed by atoms with Crippen LogP contribution in [0.25, 0.3) is 0 Å². The number of sulfone groups is 1. The molecule has 1 saturated carbocycles.